The van der Waals surface area contributed by atoms with Crippen LogP contribution in [-0.4, -0.2) is 22.7 Å². The summed E-state index contributed by atoms with van der Waals surface area (Å²) in [6, 6.07) is 4.94. The molecular weight excluding hydrogens is 250 g/mol. The summed E-state index contributed by atoms with van der Waals surface area (Å²) >= 11 is 0. The Labute approximate surface area is 109 Å². The Balaban J connectivity index is 2.15. The molecular formula is C12H13N3O4. The highest BCUT2D eigenvalue weighted by molar-refractivity contribution is 6.15. The molecule has 19 heavy (non-hydrogen) atoms. The third-order valence-electron chi connectivity index (χ3n) is 2.25. The molecule has 2 rings (SSSR count). The fraction of sp³-hybridized carbons (Fsp3) is 0.250. The number of nitrogens with two attached hydrogens (primary N) is 1. The number of carbonyl (C=O) groups excluding carboxylic acids is 2. The molecule has 1 saturated heterocycles. The number of rotatable bonds is 2. The number of nitrogen functional groups attached to an aromatic ring is 1. The summed E-state index contributed by atoms with van der Waals surface area (Å²) in [7, 11) is 0. The smallest absolute Gasteiger partial charge is 0.350 e. The maximum Gasteiger partial charge on any atom is 0.350 e. The lowest BCUT2D eigenvalue weighted by Crippen LogP contribution is -2.42. The predicted octanol–water partition coefficient (Wildman–Crippen LogP) is 0.796. The van der Waals surface area contributed by atoms with Gasteiger partial charge in [0, 0.05) is 20.0 Å². The normalized spacial score (nSPS) is 17.5. The van der Waals surface area contributed by atoms with E-state index in [-0.39, 0.29) is 5.57 Å². The molecule has 0 saturated carbocycles. The number of pyridine rings is 1. The number of cyclic esters (lactones) is 2. The lowest BCUT2D eigenvalue weighted by molar-refractivity contribution is -0.222. The Hall–Kier alpha value is -2.57. The number of ether oxygens (including phenoxy) is 2. The molecule has 0 spiro atoms. The molecule has 1 aliphatic rings. The number of nitrogens with zero attached hydrogens (tertiary/aromatic N) is 1. The molecule has 3 N–H and O–H groups in total. The van der Waals surface area contributed by atoms with Crippen molar-refractivity contribution in [3.8, 4) is 0 Å². The largest absolute Gasteiger partial charge is 0.419 e. The first-order chi connectivity index (χ1) is 8.87. The number of aromatic nitrogens is 1. The van der Waals surface area contributed by atoms with Gasteiger partial charge in [-0.2, -0.15) is 0 Å². The van der Waals surface area contributed by atoms with E-state index in [0.29, 0.717) is 11.6 Å². The number of esters is 2. The zero-order valence-electron chi connectivity index (χ0n) is 10.5. The van der Waals surface area contributed by atoms with Crippen molar-refractivity contribution < 1.29 is 19.1 Å². The molecule has 1 aromatic heterocycles. The minimum absolute atomic E-state index is 0.233. The Morgan fingerprint density at radius 1 is 1.26 bits per heavy atom. The van der Waals surface area contributed by atoms with Gasteiger partial charge in [-0.3, -0.25) is 0 Å². The van der Waals surface area contributed by atoms with E-state index >= 15 is 0 Å². The molecule has 1 fully saturated rings. The van der Waals surface area contributed by atoms with Gasteiger partial charge in [0.2, 0.25) is 0 Å². The first kappa shape index (κ1) is 12.9. The average molecular weight is 263 g/mol. The van der Waals surface area contributed by atoms with Crippen LogP contribution in [0.1, 0.15) is 13.8 Å². The summed E-state index contributed by atoms with van der Waals surface area (Å²) < 4.78 is 9.87. The van der Waals surface area contributed by atoms with Crippen molar-refractivity contribution in [1.82, 2.24) is 4.98 Å². The third-order valence-corrected chi connectivity index (χ3v) is 2.25. The highest BCUT2D eigenvalue weighted by Crippen LogP contribution is 2.22. The standard InChI is InChI=1S/C12H13N3O4/c1-12(2)18-10(16)7(11(17)19-12)6-14-9-5-3-4-8(13)15-9/h3-6H,1-2H3,(H3,13,14,15). The van der Waals surface area contributed by atoms with Crippen molar-refractivity contribution in [3.05, 3.63) is 30.0 Å². The Morgan fingerprint density at radius 2 is 1.89 bits per heavy atom. The summed E-state index contributed by atoms with van der Waals surface area (Å²) in [4.78, 5) is 27.2. The van der Waals surface area contributed by atoms with E-state index in [0.717, 1.165) is 0 Å². The van der Waals surface area contributed by atoms with Crippen LogP contribution in [-0.2, 0) is 19.1 Å². The van der Waals surface area contributed by atoms with Crippen LogP contribution in [0.2, 0.25) is 0 Å². The van der Waals surface area contributed by atoms with Crippen LogP contribution in [0.15, 0.2) is 30.0 Å². The van der Waals surface area contributed by atoms with Gasteiger partial charge in [-0.15, -0.1) is 0 Å². The summed E-state index contributed by atoms with van der Waals surface area (Å²) in [5, 5.41) is 2.69. The van der Waals surface area contributed by atoms with Gasteiger partial charge in [-0.05, 0) is 12.1 Å². The quantitative estimate of drug-likeness (QED) is 0.462. The van der Waals surface area contributed by atoms with Crippen molar-refractivity contribution in [3.63, 3.8) is 0 Å². The molecule has 7 nitrogen and oxygen atoms in total. The second-order valence-electron chi connectivity index (χ2n) is 4.33. The van der Waals surface area contributed by atoms with Crippen LogP contribution >= 0.6 is 0 Å². The molecule has 2 heterocycles. The molecule has 0 unspecified atom stereocenters. The van der Waals surface area contributed by atoms with Gasteiger partial charge < -0.3 is 20.5 Å². The van der Waals surface area contributed by atoms with Crippen LogP contribution in [0.3, 0.4) is 0 Å². The van der Waals surface area contributed by atoms with Gasteiger partial charge in [0.15, 0.2) is 5.57 Å². The number of nitrogens with one attached hydrogen (secondary N) is 1. The molecule has 0 radical (unpaired) electrons. The summed E-state index contributed by atoms with van der Waals surface area (Å²) in [6.07, 6.45) is 1.18. The second kappa shape index (κ2) is 4.60. The van der Waals surface area contributed by atoms with Gasteiger partial charge in [0.25, 0.3) is 5.79 Å². The van der Waals surface area contributed by atoms with Crippen LogP contribution < -0.4 is 11.1 Å². The van der Waals surface area contributed by atoms with Gasteiger partial charge in [0.1, 0.15) is 11.6 Å². The topological polar surface area (TPSA) is 104 Å². The Kier molecular flexibility index (Phi) is 3.12. The Morgan fingerprint density at radius 3 is 2.47 bits per heavy atom. The van der Waals surface area contributed by atoms with E-state index in [4.69, 9.17) is 15.2 Å². The Bertz CT molecular complexity index is 544. The number of anilines is 2. The van der Waals surface area contributed by atoms with E-state index in [1.54, 1.807) is 18.2 Å². The average Bonchev–Trinajstić information content (AvgIpc) is 2.26. The predicted molar refractivity (Wildman–Crippen MR) is 66.6 cm³/mol. The molecule has 0 bridgehead atoms. The van der Waals surface area contributed by atoms with Gasteiger partial charge in [-0.25, -0.2) is 14.6 Å². The minimum atomic E-state index is -1.25. The van der Waals surface area contributed by atoms with Crippen LogP contribution in [0.5, 0.6) is 0 Å². The molecule has 0 aliphatic carbocycles. The van der Waals surface area contributed by atoms with Crippen LogP contribution in [0.25, 0.3) is 0 Å². The lowest BCUT2D eigenvalue weighted by Gasteiger charge is -2.29. The molecule has 0 atom stereocenters. The van der Waals surface area contributed by atoms with E-state index in [9.17, 15) is 9.59 Å². The van der Waals surface area contributed by atoms with Crippen LogP contribution in [0.4, 0.5) is 11.6 Å². The maximum absolute atomic E-state index is 11.6. The molecule has 1 aromatic rings. The fourth-order valence-electron chi connectivity index (χ4n) is 1.46. The SMILES string of the molecule is CC1(C)OC(=O)C(=CNc2cccc(N)n2)C(=O)O1. The van der Waals surface area contributed by atoms with Crippen molar-refractivity contribution in [1.29, 1.82) is 0 Å². The van der Waals surface area contributed by atoms with Crippen molar-refractivity contribution in [2.45, 2.75) is 19.6 Å². The monoisotopic (exact) mass is 263 g/mol. The molecule has 1 aliphatic heterocycles. The van der Waals surface area contributed by atoms with Crippen LogP contribution in [0, 0.1) is 0 Å². The first-order valence-corrected chi connectivity index (χ1v) is 5.53. The van der Waals surface area contributed by atoms with E-state index in [1.165, 1.54) is 20.0 Å². The van der Waals surface area contributed by atoms with E-state index in [2.05, 4.69) is 10.3 Å². The number of hydrogen-bond acceptors (Lipinski definition) is 7. The number of hydrogen-bond donors (Lipinski definition) is 2. The highest BCUT2D eigenvalue weighted by atomic mass is 16.7. The lowest BCUT2D eigenvalue weighted by atomic mass is 10.2. The van der Waals surface area contributed by atoms with E-state index in [1.807, 2.05) is 0 Å². The van der Waals surface area contributed by atoms with Gasteiger partial charge in [-0.1, -0.05) is 6.07 Å². The summed E-state index contributed by atoms with van der Waals surface area (Å²) in [5.41, 5.74) is 5.27. The van der Waals surface area contributed by atoms with Crippen molar-refractivity contribution in [2.75, 3.05) is 11.1 Å². The van der Waals surface area contributed by atoms with Gasteiger partial charge in [0.05, 0.1) is 0 Å². The van der Waals surface area contributed by atoms with Crippen molar-refractivity contribution >= 4 is 23.6 Å². The first-order valence-electron chi connectivity index (χ1n) is 5.53. The molecule has 0 amide bonds. The highest BCUT2D eigenvalue weighted by Gasteiger charge is 2.38. The van der Waals surface area contributed by atoms with Gasteiger partial charge >= 0.3 is 11.9 Å². The summed E-state index contributed by atoms with van der Waals surface area (Å²) in [5.74, 6) is -2.03. The molecule has 0 aromatic carbocycles. The minimum Gasteiger partial charge on any atom is -0.419 e. The second-order valence-corrected chi connectivity index (χ2v) is 4.33. The zero-order chi connectivity index (χ0) is 14.0. The maximum atomic E-state index is 11.6. The third kappa shape index (κ3) is 3.01. The molecule has 100 valence electrons. The van der Waals surface area contributed by atoms with E-state index < -0.39 is 17.7 Å². The molecule has 7 heteroatoms. The fourth-order valence-corrected chi connectivity index (χ4v) is 1.46. The number of carbonyl (C=O) groups is 2. The zero-order valence-corrected chi connectivity index (χ0v) is 10.5. The van der Waals surface area contributed by atoms with Crippen molar-refractivity contribution in [2.24, 2.45) is 0 Å². The summed E-state index contributed by atoms with van der Waals surface area (Å²) in [6.45, 7) is 2.96.